The third kappa shape index (κ3) is 11.1. The van der Waals surface area contributed by atoms with Crippen LogP contribution in [0.1, 0.15) is 0 Å². The van der Waals surface area contributed by atoms with Crippen molar-refractivity contribution in [2.45, 2.75) is 0 Å². The van der Waals surface area contributed by atoms with E-state index >= 15 is 0 Å². The van der Waals surface area contributed by atoms with Gasteiger partial charge in [0.25, 0.3) is 0 Å². The molecule has 0 radical (unpaired) electrons. The smallest absolute Gasteiger partial charge is 0.237 e. The molecular formula is C100H70N4Si2. The van der Waals surface area contributed by atoms with E-state index < -0.39 is 16.1 Å². The van der Waals surface area contributed by atoms with E-state index in [-0.39, 0.29) is 0 Å². The molecule has 0 unspecified atom stereocenters. The summed E-state index contributed by atoms with van der Waals surface area (Å²) in [6, 6.07) is 158. The maximum Gasteiger partial charge on any atom is 0.237 e. The highest BCUT2D eigenvalue weighted by Gasteiger charge is 2.46. The highest BCUT2D eigenvalue weighted by atomic mass is 28.3. The molecule has 0 saturated heterocycles. The quantitative estimate of drug-likeness (QED) is 0.0714. The Morgan fingerprint density at radius 1 is 0.170 bits per heavy atom. The second-order valence-corrected chi connectivity index (χ2v) is 35.2. The fraction of sp³-hybridized carbons (Fsp3) is 0. The number of fused-ring (bicyclic) bond motifs is 6. The molecule has 0 N–H and O–H groups in total. The van der Waals surface area contributed by atoms with Crippen LogP contribution in [0.3, 0.4) is 0 Å². The summed E-state index contributed by atoms with van der Waals surface area (Å²) in [5, 5.41) is 14.6. The summed E-state index contributed by atoms with van der Waals surface area (Å²) in [6.45, 7) is 0. The molecule has 0 fully saturated rings. The Morgan fingerprint density at radius 2 is 0.462 bits per heavy atom. The van der Waals surface area contributed by atoms with Crippen molar-refractivity contribution < 1.29 is 0 Å². The summed E-state index contributed by atoms with van der Waals surface area (Å²) >= 11 is 0. The van der Waals surface area contributed by atoms with E-state index in [2.05, 4.69) is 434 Å². The molecule has 0 saturated carbocycles. The first-order chi connectivity index (χ1) is 52.5. The lowest BCUT2D eigenvalue weighted by Gasteiger charge is -2.38. The number of hydrogen-bond donors (Lipinski definition) is 0. The maximum absolute atomic E-state index is 6.12. The van der Waals surface area contributed by atoms with Gasteiger partial charge in [0.05, 0.1) is 27.8 Å². The zero-order chi connectivity index (χ0) is 70.4. The van der Waals surface area contributed by atoms with Crippen LogP contribution in [0.5, 0.6) is 0 Å². The Bertz CT molecular complexity index is 6070. The van der Waals surface area contributed by atoms with Gasteiger partial charge in [0.15, 0.2) is 16.1 Å². The zero-order valence-corrected chi connectivity index (χ0v) is 60.2. The van der Waals surface area contributed by atoms with Crippen LogP contribution in [0.4, 0.5) is 0 Å². The zero-order valence-electron chi connectivity index (χ0n) is 58.2. The van der Waals surface area contributed by atoms with Crippen molar-refractivity contribution in [3.05, 3.63) is 425 Å². The summed E-state index contributed by atoms with van der Waals surface area (Å²) < 4.78 is 4.67. The van der Waals surface area contributed by atoms with Crippen LogP contribution in [0, 0.1) is 0 Å². The van der Waals surface area contributed by atoms with Gasteiger partial charge in [0.1, 0.15) is 5.82 Å². The van der Waals surface area contributed by atoms with Gasteiger partial charge >= 0.3 is 0 Å². The standard InChI is InChI=1S/C100H70N4Si2/c1-8-32-71(33-9-1)74-38-28-40-76(62-74)78-42-30-52-86(64-78)105(82-44-14-4-15-45-82,83-46-16-5-17-47-83)88-66-81(67-89(69-88)106(84-48-18-6-19-49-84,85-50-20-7-21-51-85)87-53-31-43-79(65-87)77-41-29-39-75(63-77)72-34-10-2-11-35-72)94-70-99(103-95-57-25-22-54-90(95)91-55-23-26-58-96(91)103)102-100(101-94)104-97-59-27-24-56-92(97)93-68-80(60-61-98(93)104)73-36-12-3-13-37-73/h1-70H. The maximum atomic E-state index is 6.12. The Balaban J connectivity index is 0.957. The second kappa shape index (κ2) is 27.1. The van der Waals surface area contributed by atoms with Gasteiger partial charge in [-0.15, -0.1) is 0 Å². The van der Waals surface area contributed by atoms with E-state index in [1.54, 1.807) is 0 Å². The number of hydrogen-bond acceptors (Lipinski definition) is 2. The predicted molar refractivity (Wildman–Crippen MR) is 451 cm³/mol. The van der Waals surface area contributed by atoms with Gasteiger partial charge in [-0.1, -0.05) is 376 Å². The summed E-state index contributed by atoms with van der Waals surface area (Å²) in [6.07, 6.45) is 0. The SMILES string of the molecule is c1ccc(-c2cccc(-c3cccc([Si](c4ccccc4)(c4ccccc4)c4cc(-c5cc(-n6c7ccccc7c7ccccc76)nc(-n6c7ccccc7c7cc(-c8ccccc8)ccc76)n5)cc([Si](c5ccccc5)(c5ccccc5)c5cccc(-c6cccc(-c7ccccc7)c6)c5)c4)c3)c2)cc1. The van der Waals surface area contributed by atoms with E-state index in [1.807, 2.05) is 0 Å². The molecule has 0 spiro atoms. The molecule has 4 nitrogen and oxygen atoms in total. The fourth-order valence-corrected chi connectivity index (χ4v) is 26.6. The van der Waals surface area contributed by atoms with Gasteiger partial charge in [-0.25, -0.2) is 4.98 Å². The van der Waals surface area contributed by atoms with Gasteiger partial charge in [-0.3, -0.25) is 9.13 Å². The lowest BCUT2D eigenvalue weighted by atomic mass is 9.99. The van der Waals surface area contributed by atoms with Crippen LogP contribution in [0.2, 0.25) is 0 Å². The monoisotopic (exact) mass is 1380 g/mol. The number of aromatic nitrogens is 4. The minimum absolute atomic E-state index is 0.570. The van der Waals surface area contributed by atoms with Crippen LogP contribution in [0.25, 0.3) is 122 Å². The first-order valence-electron chi connectivity index (χ1n) is 36.4. The van der Waals surface area contributed by atoms with Gasteiger partial charge in [0, 0.05) is 33.2 Å². The Kier molecular flexibility index (Phi) is 16.3. The van der Waals surface area contributed by atoms with E-state index in [4.69, 9.17) is 9.97 Å². The molecule has 6 heteroatoms. The third-order valence-electron chi connectivity index (χ3n) is 21.6. The minimum Gasteiger partial charge on any atom is -0.294 e. The van der Waals surface area contributed by atoms with Gasteiger partial charge in [0.2, 0.25) is 5.95 Å². The van der Waals surface area contributed by atoms with Gasteiger partial charge < -0.3 is 0 Å². The normalized spacial score (nSPS) is 11.8. The van der Waals surface area contributed by atoms with E-state index in [0.717, 1.165) is 94.1 Å². The molecule has 106 heavy (non-hydrogen) atoms. The van der Waals surface area contributed by atoms with Crippen molar-refractivity contribution in [2.75, 3.05) is 0 Å². The van der Waals surface area contributed by atoms with Crippen LogP contribution >= 0.6 is 0 Å². The summed E-state index contributed by atoms with van der Waals surface area (Å²) in [5.74, 6) is 1.33. The Hall–Kier alpha value is -13.4. The molecule has 19 rings (SSSR count). The number of rotatable bonds is 16. The second-order valence-electron chi connectivity index (χ2n) is 27.6. The predicted octanol–water partition coefficient (Wildman–Crippen LogP) is 19.4. The molecule has 0 amide bonds. The van der Waals surface area contributed by atoms with Crippen molar-refractivity contribution in [3.63, 3.8) is 0 Å². The number of benzene rings is 16. The average molecular weight is 1380 g/mol. The Morgan fingerprint density at radius 3 is 0.877 bits per heavy atom. The van der Waals surface area contributed by atoms with Crippen molar-refractivity contribution in [1.82, 2.24) is 19.1 Å². The highest BCUT2D eigenvalue weighted by Crippen LogP contribution is 2.38. The number of nitrogens with zero attached hydrogens (tertiary/aromatic N) is 4. The molecule has 0 bridgehead atoms. The summed E-state index contributed by atoms with van der Waals surface area (Å²) in [5.41, 5.74) is 17.6. The molecule has 0 aliphatic carbocycles. The van der Waals surface area contributed by atoms with Gasteiger partial charge in [-0.05, 0) is 140 Å². The summed E-state index contributed by atoms with van der Waals surface area (Å²) in [4.78, 5) is 12.0. The molecule has 16 aromatic carbocycles. The van der Waals surface area contributed by atoms with Crippen LogP contribution in [0.15, 0.2) is 425 Å². The van der Waals surface area contributed by atoms with Gasteiger partial charge in [-0.2, -0.15) is 4.98 Å². The molecule has 498 valence electrons. The van der Waals surface area contributed by atoms with E-state index in [0.29, 0.717) is 5.95 Å². The van der Waals surface area contributed by atoms with E-state index in [9.17, 15) is 0 Å². The lowest BCUT2D eigenvalue weighted by Crippen LogP contribution is -2.78. The molecule has 19 aromatic rings. The molecule has 0 aliphatic rings. The minimum atomic E-state index is -3.56. The summed E-state index contributed by atoms with van der Waals surface area (Å²) in [7, 11) is -7.13. The molecule has 3 aromatic heterocycles. The van der Waals surface area contributed by atoms with Crippen molar-refractivity contribution >= 4 is 101 Å². The highest BCUT2D eigenvalue weighted by molar-refractivity contribution is 7.22. The molecular weight excluding hydrogens is 1310 g/mol. The molecule has 0 aliphatic heterocycles. The Labute approximate surface area is 619 Å². The van der Waals surface area contributed by atoms with Crippen molar-refractivity contribution in [1.29, 1.82) is 0 Å². The average Bonchev–Trinajstić information content (AvgIpc) is 0.892. The molecule has 0 atom stereocenters. The van der Waals surface area contributed by atoms with Crippen molar-refractivity contribution in [2.24, 2.45) is 0 Å². The van der Waals surface area contributed by atoms with Crippen LogP contribution in [-0.2, 0) is 0 Å². The molecule has 3 heterocycles. The largest absolute Gasteiger partial charge is 0.294 e. The fourth-order valence-electron chi connectivity index (χ4n) is 16.8. The van der Waals surface area contributed by atoms with E-state index in [1.165, 1.54) is 63.7 Å². The first-order valence-corrected chi connectivity index (χ1v) is 40.4. The third-order valence-corrected chi connectivity index (χ3v) is 31.1. The van der Waals surface area contributed by atoms with Crippen LogP contribution in [-0.4, -0.2) is 35.2 Å². The lowest BCUT2D eigenvalue weighted by molar-refractivity contribution is 0.952. The topological polar surface area (TPSA) is 35.6 Å². The van der Waals surface area contributed by atoms with Crippen LogP contribution < -0.4 is 41.5 Å². The first kappa shape index (κ1) is 63.5. The van der Waals surface area contributed by atoms with Crippen molar-refractivity contribution in [3.8, 4) is 78.7 Å². The number of para-hydroxylation sites is 3.